The zero-order valence-electron chi connectivity index (χ0n) is 13.8. The molecule has 6 heteroatoms. The lowest BCUT2D eigenvalue weighted by Gasteiger charge is -2.43. The number of piperidine rings is 1. The maximum Gasteiger partial charge on any atom is 0.159 e. The van der Waals surface area contributed by atoms with Gasteiger partial charge in [0.2, 0.25) is 0 Å². The van der Waals surface area contributed by atoms with Crippen LogP contribution < -0.4 is 10.6 Å². The third kappa shape index (κ3) is 3.00. The molecule has 0 atom stereocenters. The summed E-state index contributed by atoms with van der Waals surface area (Å²) in [6.07, 6.45) is 13.5. The summed E-state index contributed by atoms with van der Waals surface area (Å²) in [7, 11) is 1.96. The van der Waals surface area contributed by atoms with E-state index in [2.05, 4.69) is 25.7 Å². The maximum atomic E-state index is 4.60. The molecular formula is C17H26N6. The standard InChI is InChI=1S/C17H26N6/c1-23-12-14(15-19-10-11-20-15)16(22-23)21-13-2-4-17(5-3-13)6-8-18-9-7-17/h10-13,18H,2-9H2,1H3,(H,19,20)(H,21,22). The van der Waals surface area contributed by atoms with E-state index in [1.165, 1.54) is 51.6 Å². The highest BCUT2D eigenvalue weighted by Gasteiger charge is 2.36. The molecule has 1 spiro atoms. The number of imidazole rings is 1. The molecule has 23 heavy (non-hydrogen) atoms. The number of H-pyrrole nitrogens is 1. The second kappa shape index (κ2) is 6.00. The number of hydrogen-bond acceptors (Lipinski definition) is 4. The summed E-state index contributed by atoms with van der Waals surface area (Å²) < 4.78 is 1.86. The van der Waals surface area contributed by atoms with E-state index >= 15 is 0 Å². The first-order chi connectivity index (χ1) is 11.2. The smallest absolute Gasteiger partial charge is 0.159 e. The fraction of sp³-hybridized carbons (Fsp3) is 0.647. The van der Waals surface area contributed by atoms with E-state index in [4.69, 9.17) is 0 Å². The van der Waals surface area contributed by atoms with Crippen molar-refractivity contribution in [3.05, 3.63) is 18.6 Å². The van der Waals surface area contributed by atoms with Gasteiger partial charge in [0.1, 0.15) is 5.82 Å². The number of hydrogen-bond donors (Lipinski definition) is 3. The van der Waals surface area contributed by atoms with Crippen LogP contribution in [0.25, 0.3) is 11.4 Å². The molecule has 4 rings (SSSR count). The van der Waals surface area contributed by atoms with Crippen LogP contribution in [-0.4, -0.2) is 38.9 Å². The predicted molar refractivity (Wildman–Crippen MR) is 91.2 cm³/mol. The second-order valence-electron chi connectivity index (χ2n) is 7.17. The van der Waals surface area contributed by atoms with Gasteiger partial charge in [-0.1, -0.05) is 0 Å². The summed E-state index contributed by atoms with van der Waals surface area (Å²) in [5, 5.41) is 11.8. The van der Waals surface area contributed by atoms with E-state index in [1.54, 1.807) is 6.20 Å². The van der Waals surface area contributed by atoms with E-state index < -0.39 is 0 Å². The molecule has 2 aromatic heterocycles. The van der Waals surface area contributed by atoms with Crippen molar-refractivity contribution in [2.45, 2.75) is 44.6 Å². The lowest BCUT2D eigenvalue weighted by atomic mass is 9.67. The van der Waals surface area contributed by atoms with Crippen LogP contribution in [0.5, 0.6) is 0 Å². The lowest BCUT2D eigenvalue weighted by molar-refractivity contribution is 0.128. The monoisotopic (exact) mass is 314 g/mol. The lowest BCUT2D eigenvalue weighted by Crippen LogP contribution is -2.41. The zero-order chi connectivity index (χ0) is 15.7. The average molecular weight is 314 g/mol. The van der Waals surface area contributed by atoms with Gasteiger partial charge in [-0.3, -0.25) is 4.68 Å². The van der Waals surface area contributed by atoms with Crippen LogP contribution in [0.4, 0.5) is 5.82 Å². The first-order valence-corrected chi connectivity index (χ1v) is 8.75. The minimum absolute atomic E-state index is 0.527. The Labute approximate surface area is 137 Å². The first-order valence-electron chi connectivity index (χ1n) is 8.75. The van der Waals surface area contributed by atoms with Crippen LogP contribution in [0.1, 0.15) is 38.5 Å². The van der Waals surface area contributed by atoms with Gasteiger partial charge in [0.15, 0.2) is 5.82 Å². The van der Waals surface area contributed by atoms with Crippen LogP contribution in [0.15, 0.2) is 18.6 Å². The van der Waals surface area contributed by atoms with Crippen molar-refractivity contribution in [3.8, 4) is 11.4 Å². The van der Waals surface area contributed by atoms with E-state index in [-0.39, 0.29) is 0 Å². The Balaban J connectivity index is 1.44. The molecule has 6 nitrogen and oxygen atoms in total. The van der Waals surface area contributed by atoms with Gasteiger partial charge in [-0.25, -0.2) is 4.98 Å². The molecule has 0 bridgehead atoms. The number of rotatable bonds is 3. The van der Waals surface area contributed by atoms with E-state index in [0.717, 1.165) is 17.2 Å². The summed E-state index contributed by atoms with van der Waals surface area (Å²) >= 11 is 0. The van der Waals surface area contributed by atoms with E-state index in [0.29, 0.717) is 11.5 Å². The zero-order valence-corrected chi connectivity index (χ0v) is 13.8. The van der Waals surface area contributed by atoms with Gasteiger partial charge in [-0.05, 0) is 57.0 Å². The minimum Gasteiger partial charge on any atom is -0.365 e. The Hall–Kier alpha value is -1.82. The number of anilines is 1. The molecular weight excluding hydrogens is 288 g/mol. The minimum atomic E-state index is 0.527. The van der Waals surface area contributed by atoms with Gasteiger partial charge < -0.3 is 15.6 Å². The molecule has 0 unspecified atom stereocenters. The molecule has 1 aliphatic heterocycles. The predicted octanol–water partition coefficient (Wildman–Crippen LogP) is 2.53. The van der Waals surface area contributed by atoms with E-state index in [1.807, 2.05) is 24.1 Å². The van der Waals surface area contributed by atoms with Crippen molar-refractivity contribution in [1.82, 2.24) is 25.1 Å². The van der Waals surface area contributed by atoms with Crippen molar-refractivity contribution in [2.24, 2.45) is 12.5 Å². The van der Waals surface area contributed by atoms with Crippen molar-refractivity contribution < 1.29 is 0 Å². The number of nitrogens with one attached hydrogen (secondary N) is 3. The Morgan fingerprint density at radius 2 is 2.00 bits per heavy atom. The highest BCUT2D eigenvalue weighted by molar-refractivity contribution is 5.69. The first kappa shape index (κ1) is 14.8. The van der Waals surface area contributed by atoms with Gasteiger partial charge in [0.05, 0.1) is 5.56 Å². The molecule has 1 saturated carbocycles. The molecule has 2 aliphatic rings. The second-order valence-corrected chi connectivity index (χ2v) is 7.17. The Morgan fingerprint density at radius 1 is 1.22 bits per heavy atom. The van der Waals surface area contributed by atoms with Crippen LogP contribution in [0.2, 0.25) is 0 Å². The fourth-order valence-corrected chi connectivity index (χ4v) is 4.21. The highest BCUT2D eigenvalue weighted by Crippen LogP contribution is 2.43. The largest absolute Gasteiger partial charge is 0.365 e. The third-order valence-electron chi connectivity index (χ3n) is 5.63. The number of nitrogens with zero attached hydrogens (tertiary/aromatic N) is 3. The fourth-order valence-electron chi connectivity index (χ4n) is 4.21. The van der Waals surface area contributed by atoms with Crippen LogP contribution in [0, 0.1) is 5.41 Å². The van der Waals surface area contributed by atoms with Crippen LogP contribution in [-0.2, 0) is 7.05 Å². The summed E-state index contributed by atoms with van der Waals surface area (Å²) in [6, 6.07) is 0.527. The van der Waals surface area contributed by atoms with Gasteiger partial charge in [-0.15, -0.1) is 0 Å². The van der Waals surface area contributed by atoms with Gasteiger partial charge in [-0.2, -0.15) is 5.10 Å². The molecule has 1 saturated heterocycles. The molecule has 3 heterocycles. The van der Waals surface area contributed by atoms with Crippen molar-refractivity contribution in [3.63, 3.8) is 0 Å². The Kier molecular flexibility index (Phi) is 3.85. The number of aromatic amines is 1. The Morgan fingerprint density at radius 3 is 2.70 bits per heavy atom. The molecule has 0 amide bonds. The highest BCUT2D eigenvalue weighted by atomic mass is 15.3. The van der Waals surface area contributed by atoms with Gasteiger partial charge >= 0.3 is 0 Å². The number of aryl methyl sites for hydroxylation is 1. The summed E-state index contributed by atoms with van der Waals surface area (Å²) in [5.74, 6) is 1.83. The molecule has 1 aliphatic carbocycles. The topological polar surface area (TPSA) is 70.6 Å². The summed E-state index contributed by atoms with van der Waals surface area (Å²) in [5.41, 5.74) is 1.66. The van der Waals surface area contributed by atoms with Crippen LogP contribution in [0.3, 0.4) is 0 Å². The molecule has 2 aromatic rings. The third-order valence-corrected chi connectivity index (χ3v) is 5.63. The van der Waals surface area contributed by atoms with E-state index in [9.17, 15) is 0 Å². The normalized spacial score (nSPS) is 21.6. The maximum absolute atomic E-state index is 4.60. The SMILES string of the molecule is Cn1cc(-c2ncc[nH]2)c(NC2CCC3(CCNCC3)CC2)n1. The summed E-state index contributed by atoms with van der Waals surface area (Å²) in [6.45, 7) is 2.39. The van der Waals surface area contributed by atoms with Crippen molar-refractivity contribution in [2.75, 3.05) is 18.4 Å². The average Bonchev–Trinajstić information content (AvgIpc) is 3.20. The molecule has 0 aromatic carbocycles. The van der Waals surface area contributed by atoms with Crippen LogP contribution >= 0.6 is 0 Å². The van der Waals surface area contributed by atoms with Crippen molar-refractivity contribution >= 4 is 5.82 Å². The molecule has 0 radical (unpaired) electrons. The van der Waals surface area contributed by atoms with Gasteiger partial charge in [0.25, 0.3) is 0 Å². The molecule has 124 valence electrons. The Bertz CT molecular complexity index is 628. The molecule has 3 N–H and O–H groups in total. The summed E-state index contributed by atoms with van der Waals surface area (Å²) in [4.78, 5) is 7.55. The van der Waals surface area contributed by atoms with Gasteiger partial charge in [0, 0.05) is 31.7 Å². The van der Waals surface area contributed by atoms with Crippen molar-refractivity contribution in [1.29, 1.82) is 0 Å². The molecule has 2 fully saturated rings. The number of aromatic nitrogens is 4. The quantitative estimate of drug-likeness (QED) is 0.814.